The number of carbonyl (C=O) groups excluding carboxylic acids is 2. The van der Waals surface area contributed by atoms with Crippen molar-refractivity contribution in [2.75, 3.05) is 6.61 Å². The number of fused-ring (bicyclic) bond motifs is 1. The average Bonchev–Trinajstić information content (AvgIpc) is 2.37. The van der Waals surface area contributed by atoms with E-state index in [4.69, 9.17) is 4.74 Å². The van der Waals surface area contributed by atoms with Gasteiger partial charge in [-0.05, 0) is 32.9 Å². The van der Waals surface area contributed by atoms with Crippen LogP contribution in [0.15, 0.2) is 23.1 Å². The predicted octanol–water partition coefficient (Wildman–Crippen LogP) is 1.65. The highest BCUT2D eigenvalue weighted by Crippen LogP contribution is 2.38. The van der Waals surface area contributed by atoms with Gasteiger partial charge in [0, 0.05) is 0 Å². The molecular weight excluding hydrogens is 280 g/mol. The van der Waals surface area contributed by atoms with Gasteiger partial charge in [-0.15, -0.1) is 0 Å². The third-order valence-electron chi connectivity index (χ3n) is 3.52. The van der Waals surface area contributed by atoms with Gasteiger partial charge in [0.15, 0.2) is 15.6 Å². The van der Waals surface area contributed by atoms with Crippen LogP contribution in [-0.2, 0) is 14.6 Å². The monoisotopic (exact) mass is 296 g/mol. The zero-order valence-electron chi connectivity index (χ0n) is 11.5. The minimum absolute atomic E-state index is 0.00708. The first-order valence-corrected chi connectivity index (χ1v) is 7.91. The lowest BCUT2D eigenvalue weighted by atomic mass is 9.90. The number of carbonyl (C=O) groups is 2. The fraction of sp³-hybridized carbons (Fsp3) is 0.429. The van der Waals surface area contributed by atoms with Crippen molar-refractivity contribution in [3.05, 3.63) is 23.8 Å². The molecule has 1 heterocycles. The lowest BCUT2D eigenvalue weighted by molar-refractivity contribution is -0.119. The number of hydrogen-bond acceptors (Lipinski definition) is 5. The van der Waals surface area contributed by atoms with E-state index in [0.29, 0.717) is 6.61 Å². The topological polar surface area (TPSA) is 77.5 Å². The molecule has 0 aromatic heterocycles. The number of hydrogen-bond donors (Lipinski definition) is 0. The Balaban J connectivity index is 2.76. The lowest BCUT2D eigenvalue weighted by Gasteiger charge is -2.28. The molecule has 1 aliphatic heterocycles. The Morgan fingerprint density at radius 2 is 2.00 bits per heavy atom. The molecule has 0 fully saturated rings. The molecule has 0 N–H and O–H groups in total. The summed E-state index contributed by atoms with van der Waals surface area (Å²) >= 11 is 0. The molecule has 6 heteroatoms. The second-order valence-electron chi connectivity index (χ2n) is 4.76. The number of ether oxygens (including phenoxy) is 1. The number of rotatable bonds is 3. The van der Waals surface area contributed by atoms with Crippen molar-refractivity contribution in [1.82, 2.24) is 0 Å². The second kappa shape index (κ2) is 5.01. The maximum absolute atomic E-state index is 12.5. The van der Waals surface area contributed by atoms with Crippen molar-refractivity contribution < 1.29 is 22.7 Å². The summed E-state index contributed by atoms with van der Waals surface area (Å²) < 4.78 is 30.3. The van der Waals surface area contributed by atoms with Gasteiger partial charge in [0.2, 0.25) is 0 Å². The van der Waals surface area contributed by atoms with Gasteiger partial charge < -0.3 is 4.74 Å². The summed E-state index contributed by atoms with van der Waals surface area (Å²) in [5.41, 5.74) is 0.00708. The molecule has 108 valence electrons. The van der Waals surface area contributed by atoms with E-state index >= 15 is 0 Å². The van der Waals surface area contributed by atoms with Gasteiger partial charge in [-0.3, -0.25) is 9.59 Å². The minimum Gasteiger partial charge on any atom is -0.493 e. The molecule has 2 rings (SSSR count). The Bertz CT molecular complexity index is 675. The second-order valence-corrected chi connectivity index (χ2v) is 7.04. The van der Waals surface area contributed by atoms with Crippen LogP contribution in [0.1, 0.15) is 31.1 Å². The number of Topliss-reactive ketones (excluding diaryl/α,β-unsaturated/α-hetero) is 2. The van der Waals surface area contributed by atoms with Crippen molar-refractivity contribution in [2.24, 2.45) is 5.92 Å². The van der Waals surface area contributed by atoms with Crippen LogP contribution in [0.2, 0.25) is 0 Å². The van der Waals surface area contributed by atoms with E-state index in [1.807, 2.05) is 0 Å². The summed E-state index contributed by atoms with van der Waals surface area (Å²) in [6, 6.07) is 4.47. The molecule has 2 unspecified atom stereocenters. The molecule has 0 spiro atoms. The maximum Gasteiger partial charge on any atom is 0.182 e. The number of sulfone groups is 1. The number of benzene rings is 1. The molecule has 20 heavy (non-hydrogen) atoms. The zero-order chi connectivity index (χ0) is 15.1. The fourth-order valence-electron chi connectivity index (χ4n) is 2.53. The molecule has 1 aromatic rings. The largest absolute Gasteiger partial charge is 0.493 e. The molecule has 0 radical (unpaired) electrons. The quantitative estimate of drug-likeness (QED) is 0.793. The van der Waals surface area contributed by atoms with Crippen LogP contribution in [0.3, 0.4) is 0 Å². The molecule has 0 amide bonds. The van der Waals surface area contributed by atoms with Gasteiger partial charge in [0.25, 0.3) is 0 Å². The van der Waals surface area contributed by atoms with Gasteiger partial charge in [-0.25, -0.2) is 8.42 Å². The van der Waals surface area contributed by atoms with Gasteiger partial charge in [0.1, 0.15) is 11.5 Å². The van der Waals surface area contributed by atoms with Gasteiger partial charge in [0.05, 0.1) is 28.2 Å². The first-order chi connectivity index (χ1) is 9.32. The Morgan fingerprint density at radius 1 is 1.35 bits per heavy atom. The van der Waals surface area contributed by atoms with E-state index in [1.165, 1.54) is 26.0 Å². The summed E-state index contributed by atoms with van der Waals surface area (Å²) in [7, 11) is -3.71. The van der Waals surface area contributed by atoms with E-state index < -0.39 is 32.6 Å². The summed E-state index contributed by atoms with van der Waals surface area (Å²) in [5, 5.41) is -1.04. The van der Waals surface area contributed by atoms with Gasteiger partial charge >= 0.3 is 0 Å². The van der Waals surface area contributed by atoms with Crippen LogP contribution in [-0.4, -0.2) is 31.8 Å². The maximum atomic E-state index is 12.5. The lowest BCUT2D eigenvalue weighted by Crippen LogP contribution is -2.42. The molecule has 0 aliphatic carbocycles. The van der Waals surface area contributed by atoms with E-state index in [9.17, 15) is 18.0 Å². The standard InChI is InChI=1S/C14H16O5S/c1-4-19-10-6-5-7-11-13(10)14(16)12(8(2)15)9(3)20(11,17)18/h5-7,9,12H,4H2,1-3H3. The van der Waals surface area contributed by atoms with E-state index in [-0.39, 0.29) is 16.2 Å². The third-order valence-corrected chi connectivity index (χ3v) is 5.72. The highest BCUT2D eigenvalue weighted by Gasteiger charge is 2.46. The third kappa shape index (κ3) is 2.04. The zero-order valence-corrected chi connectivity index (χ0v) is 12.4. The SMILES string of the molecule is CCOc1cccc2c1C(=O)C(C(C)=O)C(C)S2(=O)=O. The summed E-state index contributed by atoms with van der Waals surface area (Å²) in [6.07, 6.45) is 0. The summed E-state index contributed by atoms with van der Waals surface area (Å²) in [4.78, 5) is 24.1. The van der Waals surface area contributed by atoms with Crippen LogP contribution in [0.4, 0.5) is 0 Å². The van der Waals surface area contributed by atoms with Crippen LogP contribution in [0, 0.1) is 5.92 Å². The Labute approximate surface area is 117 Å². The van der Waals surface area contributed by atoms with Crippen LogP contribution >= 0.6 is 0 Å². The Morgan fingerprint density at radius 3 is 2.55 bits per heavy atom. The number of ketones is 2. The summed E-state index contributed by atoms with van der Waals surface area (Å²) in [6.45, 7) is 4.69. The normalized spacial score (nSPS) is 24.1. The molecule has 0 bridgehead atoms. The minimum atomic E-state index is -3.71. The van der Waals surface area contributed by atoms with Crippen LogP contribution in [0.25, 0.3) is 0 Å². The highest BCUT2D eigenvalue weighted by molar-refractivity contribution is 7.92. The van der Waals surface area contributed by atoms with Crippen molar-refractivity contribution in [2.45, 2.75) is 30.9 Å². The molecule has 0 saturated carbocycles. The fourth-order valence-corrected chi connectivity index (χ4v) is 4.36. The van der Waals surface area contributed by atoms with Crippen molar-refractivity contribution >= 4 is 21.4 Å². The molecule has 5 nitrogen and oxygen atoms in total. The Kier molecular flexibility index (Phi) is 3.69. The molecule has 0 saturated heterocycles. The first kappa shape index (κ1) is 14.7. The predicted molar refractivity (Wildman–Crippen MR) is 72.8 cm³/mol. The molecular formula is C14H16O5S. The average molecular weight is 296 g/mol. The van der Waals surface area contributed by atoms with Crippen LogP contribution < -0.4 is 4.74 Å². The molecule has 1 aliphatic rings. The van der Waals surface area contributed by atoms with E-state index in [0.717, 1.165) is 0 Å². The van der Waals surface area contributed by atoms with Crippen molar-refractivity contribution in [1.29, 1.82) is 0 Å². The Hall–Kier alpha value is -1.69. The van der Waals surface area contributed by atoms with Gasteiger partial charge in [-0.1, -0.05) is 6.07 Å². The highest BCUT2D eigenvalue weighted by atomic mass is 32.2. The van der Waals surface area contributed by atoms with Crippen molar-refractivity contribution in [3.8, 4) is 5.75 Å². The summed E-state index contributed by atoms with van der Waals surface area (Å²) in [5.74, 6) is -1.85. The van der Waals surface area contributed by atoms with Gasteiger partial charge in [-0.2, -0.15) is 0 Å². The molecule has 1 aromatic carbocycles. The van der Waals surface area contributed by atoms with E-state index in [1.54, 1.807) is 13.0 Å². The van der Waals surface area contributed by atoms with Crippen LogP contribution in [0.5, 0.6) is 5.75 Å². The first-order valence-electron chi connectivity index (χ1n) is 6.36. The molecule has 2 atom stereocenters. The van der Waals surface area contributed by atoms with E-state index in [2.05, 4.69) is 0 Å². The smallest absolute Gasteiger partial charge is 0.182 e. The van der Waals surface area contributed by atoms with Crippen molar-refractivity contribution in [3.63, 3.8) is 0 Å².